The summed E-state index contributed by atoms with van der Waals surface area (Å²) in [4.78, 5) is 12.4. The SMILES string of the molecule is CCc1ccccc1C(=O)OC(C)(C)CCc1ccccc1. The van der Waals surface area contributed by atoms with Crippen LogP contribution < -0.4 is 0 Å². The van der Waals surface area contributed by atoms with Gasteiger partial charge in [-0.2, -0.15) is 0 Å². The minimum atomic E-state index is -0.478. The first-order chi connectivity index (χ1) is 10.5. The quantitative estimate of drug-likeness (QED) is 0.715. The van der Waals surface area contributed by atoms with E-state index >= 15 is 0 Å². The maximum Gasteiger partial charge on any atom is 0.338 e. The zero-order valence-electron chi connectivity index (χ0n) is 13.6. The van der Waals surface area contributed by atoms with E-state index in [1.807, 2.05) is 63.2 Å². The Hall–Kier alpha value is -2.09. The molecule has 0 spiro atoms. The van der Waals surface area contributed by atoms with Crippen LogP contribution in [0.15, 0.2) is 54.6 Å². The minimum absolute atomic E-state index is 0.226. The van der Waals surface area contributed by atoms with E-state index in [0.717, 1.165) is 24.8 Å². The summed E-state index contributed by atoms with van der Waals surface area (Å²) in [5, 5.41) is 0. The number of ether oxygens (including phenoxy) is 1. The van der Waals surface area contributed by atoms with Crippen molar-refractivity contribution in [2.45, 2.75) is 45.6 Å². The molecule has 0 unspecified atom stereocenters. The van der Waals surface area contributed by atoms with Crippen LogP contribution in [0, 0.1) is 0 Å². The molecule has 0 aromatic heterocycles. The molecule has 0 aliphatic carbocycles. The molecule has 116 valence electrons. The molecule has 0 N–H and O–H groups in total. The van der Waals surface area contributed by atoms with Gasteiger partial charge in [0.15, 0.2) is 0 Å². The van der Waals surface area contributed by atoms with Crippen LogP contribution in [0.3, 0.4) is 0 Å². The molecular formula is C20H24O2. The Labute approximate surface area is 133 Å². The average Bonchev–Trinajstić information content (AvgIpc) is 2.53. The third-order valence-electron chi connectivity index (χ3n) is 3.85. The summed E-state index contributed by atoms with van der Waals surface area (Å²) < 4.78 is 5.75. The Morgan fingerprint density at radius 3 is 2.32 bits per heavy atom. The molecule has 0 heterocycles. The molecule has 0 aliphatic rings. The van der Waals surface area contributed by atoms with Crippen molar-refractivity contribution in [3.8, 4) is 0 Å². The van der Waals surface area contributed by atoms with E-state index in [2.05, 4.69) is 12.1 Å². The van der Waals surface area contributed by atoms with Crippen molar-refractivity contribution in [2.24, 2.45) is 0 Å². The molecule has 2 aromatic carbocycles. The number of esters is 1. The largest absolute Gasteiger partial charge is 0.456 e. The molecule has 0 radical (unpaired) electrons. The molecule has 0 fully saturated rings. The Morgan fingerprint density at radius 1 is 1.00 bits per heavy atom. The van der Waals surface area contributed by atoms with Crippen LogP contribution in [0.4, 0.5) is 0 Å². The second-order valence-electron chi connectivity index (χ2n) is 6.15. The third-order valence-corrected chi connectivity index (χ3v) is 3.85. The van der Waals surface area contributed by atoms with Gasteiger partial charge in [0.05, 0.1) is 5.56 Å². The first kappa shape index (κ1) is 16.3. The van der Waals surface area contributed by atoms with E-state index in [-0.39, 0.29) is 5.97 Å². The summed E-state index contributed by atoms with van der Waals surface area (Å²) in [5.41, 5.74) is 2.50. The molecule has 0 saturated heterocycles. The van der Waals surface area contributed by atoms with Crippen LogP contribution in [-0.4, -0.2) is 11.6 Å². The average molecular weight is 296 g/mol. The van der Waals surface area contributed by atoms with E-state index in [0.29, 0.717) is 5.56 Å². The fourth-order valence-electron chi connectivity index (χ4n) is 2.47. The van der Waals surface area contributed by atoms with Gasteiger partial charge in [0.2, 0.25) is 0 Å². The second-order valence-corrected chi connectivity index (χ2v) is 6.15. The van der Waals surface area contributed by atoms with E-state index in [1.165, 1.54) is 5.56 Å². The third kappa shape index (κ3) is 4.45. The molecule has 0 atom stereocenters. The Balaban J connectivity index is 2.00. The Morgan fingerprint density at radius 2 is 1.64 bits per heavy atom. The molecule has 2 heteroatoms. The number of carbonyl (C=O) groups excluding carboxylic acids is 1. The van der Waals surface area contributed by atoms with Gasteiger partial charge in [-0.15, -0.1) is 0 Å². The minimum Gasteiger partial charge on any atom is -0.456 e. The summed E-state index contributed by atoms with van der Waals surface area (Å²) in [5.74, 6) is -0.226. The number of hydrogen-bond acceptors (Lipinski definition) is 2. The van der Waals surface area contributed by atoms with Crippen LogP contribution in [0.2, 0.25) is 0 Å². The van der Waals surface area contributed by atoms with E-state index in [4.69, 9.17) is 4.74 Å². The lowest BCUT2D eigenvalue weighted by Crippen LogP contribution is -2.29. The second kappa shape index (κ2) is 7.26. The lowest BCUT2D eigenvalue weighted by atomic mass is 9.98. The number of carbonyl (C=O) groups is 1. The van der Waals surface area contributed by atoms with Gasteiger partial charge in [-0.1, -0.05) is 55.5 Å². The van der Waals surface area contributed by atoms with Crippen molar-refractivity contribution in [2.75, 3.05) is 0 Å². The first-order valence-corrected chi connectivity index (χ1v) is 7.87. The molecule has 2 rings (SSSR count). The summed E-state index contributed by atoms with van der Waals surface area (Å²) in [7, 11) is 0. The summed E-state index contributed by atoms with van der Waals surface area (Å²) >= 11 is 0. The van der Waals surface area contributed by atoms with Crippen LogP contribution >= 0.6 is 0 Å². The standard InChI is InChI=1S/C20H24O2/c1-4-17-12-8-9-13-18(17)19(21)22-20(2,3)15-14-16-10-6-5-7-11-16/h5-13H,4,14-15H2,1-3H3. The fourth-order valence-corrected chi connectivity index (χ4v) is 2.47. The van der Waals surface area contributed by atoms with Gasteiger partial charge in [-0.3, -0.25) is 0 Å². The summed E-state index contributed by atoms with van der Waals surface area (Å²) in [6, 6.07) is 17.9. The van der Waals surface area contributed by atoms with Crippen LogP contribution in [0.25, 0.3) is 0 Å². The number of hydrogen-bond donors (Lipinski definition) is 0. The molecule has 2 aromatic rings. The predicted molar refractivity (Wildman–Crippen MR) is 90.1 cm³/mol. The highest BCUT2D eigenvalue weighted by molar-refractivity contribution is 5.91. The highest BCUT2D eigenvalue weighted by Gasteiger charge is 2.24. The Bertz CT molecular complexity index is 615. The van der Waals surface area contributed by atoms with Crippen molar-refractivity contribution >= 4 is 5.97 Å². The lowest BCUT2D eigenvalue weighted by molar-refractivity contribution is -0.00444. The Kier molecular flexibility index (Phi) is 5.37. The molecule has 0 amide bonds. The summed E-state index contributed by atoms with van der Waals surface area (Å²) in [6.45, 7) is 6.00. The normalized spacial score (nSPS) is 11.2. The number of rotatable bonds is 6. The zero-order valence-corrected chi connectivity index (χ0v) is 13.6. The van der Waals surface area contributed by atoms with Crippen molar-refractivity contribution < 1.29 is 9.53 Å². The predicted octanol–water partition coefficient (Wildman–Crippen LogP) is 4.82. The number of benzene rings is 2. The zero-order chi connectivity index (χ0) is 16.0. The molecule has 22 heavy (non-hydrogen) atoms. The van der Waals surface area contributed by atoms with E-state index in [1.54, 1.807) is 0 Å². The van der Waals surface area contributed by atoms with Gasteiger partial charge in [0, 0.05) is 0 Å². The first-order valence-electron chi connectivity index (χ1n) is 7.87. The van der Waals surface area contributed by atoms with E-state index in [9.17, 15) is 4.79 Å². The maximum absolute atomic E-state index is 12.4. The topological polar surface area (TPSA) is 26.3 Å². The molecule has 0 aliphatic heterocycles. The van der Waals surface area contributed by atoms with Gasteiger partial charge in [-0.05, 0) is 50.3 Å². The molecule has 0 saturated carbocycles. The van der Waals surface area contributed by atoms with Crippen LogP contribution in [0.5, 0.6) is 0 Å². The molecular weight excluding hydrogens is 272 g/mol. The lowest BCUT2D eigenvalue weighted by Gasteiger charge is -2.25. The van der Waals surface area contributed by atoms with Gasteiger partial charge < -0.3 is 4.74 Å². The van der Waals surface area contributed by atoms with Crippen LogP contribution in [0.1, 0.15) is 48.7 Å². The maximum atomic E-state index is 12.4. The van der Waals surface area contributed by atoms with Gasteiger partial charge in [0.25, 0.3) is 0 Å². The van der Waals surface area contributed by atoms with Crippen LogP contribution in [-0.2, 0) is 17.6 Å². The molecule has 2 nitrogen and oxygen atoms in total. The number of aryl methyl sites for hydroxylation is 2. The van der Waals surface area contributed by atoms with E-state index < -0.39 is 5.60 Å². The van der Waals surface area contributed by atoms with Gasteiger partial charge in [-0.25, -0.2) is 4.79 Å². The van der Waals surface area contributed by atoms with Gasteiger partial charge in [0.1, 0.15) is 5.60 Å². The van der Waals surface area contributed by atoms with Crippen molar-refractivity contribution in [1.82, 2.24) is 0 Å². The smallest absolute Gasteiger partial charge is 0.338 e. The molecule has 0 bridgehead atoms. The fraction of sp³-hybridized carbons (Fsp3) is 0.350. The monoisotopic (exact) mass is 296 g/mol. The van der Waals surface area contributed by atoms with Crippen molar-refractivity contribution in [3.05, 3.63) is 71.3 Å². The van der Waals surface area contributed by atoms with Crippen molar-refractivity contribution in [3.63, 3.8) is 0 Å². The van der Waals surface area contributed by atoms with Crippen molar-refractivity contribution in [1.29, 1.82) is 0 Å². The summed E-state index contributed by atoms with van der Waals surface area (Å²) in [6.07, 6.45) is 2.53. The van der Waals surface area contributed by atoms with Gasteiger partial charge >= 0.3 is 5.97 Å². The highest BCUT2D eigenvalue weighted by Crippen LogP contribution is 2.21. The highest BCUT2D eigenvalue weighted by atomic mass is 16.6.